The van der Waals surface area contributed by atoms with Crippen molar-refractivity contribution in [2.75, 3.05) is 0 Å². The molecule has 21 heteroatoms. The van der Waals surface area contributed by atoms with E-state index in [1.165, 1.54) is 6.92 Å². The molecular formula is C58H100O21. The van der Waals surface area contributed by atoms with Gasteiger partial charge in [-0.25, -0.2) is 0 Å². The molecule has 5 N–H and O–H groups in total. The molecule has 0 spiro atoms. The van der Waals surface area contributed by atoms with Gasteiger partial charge in [0.2, 0.25) is 0 Å². The Bertz CT molecular complexity index is 1770. The van der Waals surface area contributed by atoms with Gasteiger partial charge in [-0.2, -0.15) is 0 Å². The molecule has 0 aliphatic carbocycles. The minimum atomic E-state index is -1.82. The molecule has 5 saturated heterocycles. The highest BCUT2D eigenvalue weighted by atomic mass is 16.8. The van der Waals surface area contributed by atoms with Gasteiger partial charge in [0.05, 0.1) is 30.5 Å². The molecule has 0 aromatic rings. The zero-order valence-electron chi connectivity index (χ0n) is 48.6. The Labute approximate surface area is 468 Å². The van der Waals surface area contributed by atoms with E-state index < -0.39 is 147 Å². The maximum Gasteiger partial charge on any atom is 0.306 e. The standard InChI is InChI=1S/C58H100O21/c1-9-12-15-20-26-31-40(60)74-48-35(5)69-55(45(65)44(48)64)78-50-37(7)70-56(47(67)52(50)75-41(61)32-27-21-16-13-10-2)77-49-36(6)71-57-53(46(49)66)76-42(62)33-28-23-19-17-18-22-25-30-39(29-24-14-11-3)73-58-54(79-57)51(72-38(8)59)43(63)34(4)68-58/h34-37,39,43-58,63-67H,9-33H2,1-8H3/t34-,35+,36+,37+,39+,43+,44+,45-,46-,47-,48+,49+,50+,51+,52+,53-,54-,55+,56+,57+,58+/m1/s1. The van der Waals surface area contributed by atoms with Crippen LogP contribution >= 0.6 is 0 Å². The van der Waals surface area contributed by atoms with E-state index in [1.807, 2.05) is 0 Å². The smallest absolute Gasteiger partial charge is 0.306 e. The number of hydrogen-bond acceptors (Lipinski definition) is 21. The number of rotatable bonds is 23. The molecule has 0 unspecified atom stereocenters. The molecule has 21 atom stereocenters. The molecule has 0 bridgehead atoms. The van der Waals surface area contributed by atoms with Gasteiger partial charge in [0.1, 0.15) is 42.7 Å². The van der Waals surface area contributed by atoms with Crippen LogP contribution in [-0.2, 0) is 76.0 Å². The zero-order valence-corrected chi connectivity index (χ0v) is 48.6. The van der Waals surface area contributed by atoms with E-state index in [-0.39, 0.29) is 25.4 Å². The first kappa shape index (κ1) is 67.2. The fraction of sp³-hybridized carbons (Fsp3) is 0.931. The Morgan fingerprint density at radius 2 is 0.975 bits per heavy atom. The molecule has 21 nitrogen and oxygen atoms in total. The maximum atomic E-state index is 13.7. The van der Waals surface area contributed by atoms with Crippen molar-refractivity contribution in [3.63, 3.8) is 0 Å². The highest BCUT2D eigenvalue weighted by Gasteiger charge is 2.57. The highest BCUT2D eigenvalue weighted by molar-refractivity contribution is 5.70. The van der Waals surface area contributed by atoms with Crippen LogP contribution in [0.25, 0.3) is 0 Å². The maximum absolute atomic E-state index is 13.7. The summed E-state index contributed by atoms with van der Waals surface area (Å²) >= 11 is 0. The van der Waals surface area contributed by atoms with E-state index in [1.54, 1.807) is 27.7 Å². The topological polar surface area (TPSA) is 280 Å². The Morgan fingerprint density at radius 1 is 0.468 bits per heavy atom. The Morgan fingerprint density at radius 3 is 1.59 bits per heavy atom. The Kier molecular flexibility index (Phi) is 29.6. The molecule has 5 aliphatic rings. The van der Waals surface area contributed by atoms with Gasteiger partial charge < -0.3 is 82.4 Å². The molecule has 0 aromatic heterocycles. The molecule has 458 valence electrons. The number of carbonyl (C=O) groups is 4. The van der Waals surface area contributed by atoms with Crippen LogP contribution in [0.5, 0.6) is 0 Å². The first-order valence-electron chi connectivity index (χ1n) is 30.3. The number of unbranched alkanes of at least 4 members (excludes halogenated alkanes) is 10. The average Bonchev–Trinajstić information content (AvgIpc) is 3.53. The molecule has 0 aromatic carbocycles. The van der Waals surface area contributed by atoms with E-state index in [0.717, 1.165) is 122 Å². The fourth-order valence-electron chi connectivity index (χ4n) is 11.1. The van der Waals surface area contributed by atoms with E-state index >= 15 is 0 Å². The van der Waals surface area contributed by atoms with Gasteiger partial charge in [-0.3, -0.25) is 19.2 Å². The second-order valence-corrected chi connectivity index (χ2v) is 22.6. The second-order valence-electron chi connectivity index (χ2n) is 22.6. The quantitative estimate of drug-likeness (QED) is 0.0399. The van der Waals surface area contributed by atoms with E-state index in [0.29, 0.717) is 19.3 Å². The third kappa shape index (κ3) is 20.6. The van der Waals surface area contributed by atoms with Crippen LogP contribution in [0.3, 0.4) is 0 Å². The highest BCUT2D eigenvalue weighted by Crippen LogP contribution is 2.38. The van der Waals surface area contributed by atoms with Crippen molar-refractivity contribution in [3.8, 4) is 0 Å². The van der Waals surface area contributed by atoms with Crippen molar-refractivity contribution < 1.29 is 102 Å². The molecule has 5 heterocycles. The summed E-state index contributed by atoms with van der Waals surface area (Å²) in [5.41, 5.74) is 0. The normalized spacial score (nSPS) is 38.2. The number of fused-ring (bicyclic) bond motifs is 2. The molecule has 5 rings (SSSR count). The second kappa shape index (κ2) is 34.8. The Hall–Kier alpha value is -2.64. The van der Waals surface area contributed by atoms with Gasteiger partial charge in [0.25, 0.3) is 0 Å². The van der Waals surface area contributed by atoms with Crippen LogP contribution in [0.4, 0.5) is 0 Å². The van der Waals surface area contributed by atoms with Gasteiger partial charge in [-0.05, 0) is 59.8 Å². The summed E-state index contributed by atoms with van der Waals surface area (Å²) in [7, 11) is 0. The molecule has 0 radical (unpaired) electrons. The summed E-state index contributed by atoms with van der Waals surface area (Å²) in [5.74, 6) is -2.57. The third-order valence-corrected chi connectivity index (χ3v) is 15.8. The lowest BCUT2D eigenvalue weighted by atomic mass is 9.95. The molecule has 79 heavy (non-hydrogen) atoms. The van der Waals surface area contributed by atoms with Crippen LogP contribution in [0.2, 0.25) is 0 Å². The molecule has 0 saturated carbocycles. The van der Waals surface area contributed by atoms with Crippen LogP contribution in [-0.4, -0.2) is 178 Å². The van der Waals surface area contributed by atoms with Crippen molar-refractivity contribution in [2.45, 2.75) is 345 Å². The molecule has 5 aliphatic heterocycles. The summed E-state index contributed by atoms with van der Waals surface area (Å²) in [6.45, 7) is 13.8. The number of ether oxygens (including phenoxy) is 12. The number of aliphatic hydroxyl groups excluding tert-OH is 5. The van der Waals surface area contributed by atoms with Gasteiger partial charge in [-0.15, -0.1) is 0 Å². The molecule has 0 amide bonds. The summed E-state index contributed by atoms with van der Waals surface area (Å²) < 4.78 is 74.4. The summed E-state index contributed by atoms with van der Waals surface area (Å²) in [5, 5.41) is 58.8. The van der Waals surface area contributed by atoms with Gasteiger partial charge in [-0.1, -0.05) is 130 Å². The number of esters is 4. The van der Waals surface area contributed by atoms with Crippen molar-refractivity contribution in [3.05, 3.63) is 0 Å². The monoisotopic (exact) mass is 1130 g/mol. The molecular weight excluding hydrogens is 1030 g/mol. The van der Waals surface area contributed by atoms with Crippen molar-refractivity contribution >= 4 is 23.9 Å². The van der Waals surface area contributed by atoms with Crippen LogP contribution in [0.15, 0.2) is 0 Å². The van der Waals surface area contributed by atoms with E-state index in [4.69, 9.17) is 56.8 Å². The predicted molar refractivity (Wildman–Crippen MR) is 285 cm³/mol. The largest absolute Gasteiger partial charge is 0.457 e. The fourth-order valence-corrected chi connectivity index (χ4v) is 11.1. The average molecular weight is 1130 g/mol. The summed E-state index contributed by atoms with van der Waals surface area (Å²) in [6, 6.07) is 0. The van der Waals surface area contributed by atoms with Gasteiger partial charge in [0, 0.05) is 26.2 Å². The SMILES string of the molecule is CCCCCCCC(=O)O[C@@H]1[C@@H](O)[C@@H](O)[C@H](O[C@@H]2[C@@H](OC(=O)CCCCCCC)[C@@H](O)[C@H](O[C@@H]3[C@@H](O)[C@H]4OC(=O)CCCCCCCCC[C@H](CCCCC)O[C@@H]5O[C@H](C)[C@H](O)[C@H](OC(C)=O)[C@H]5O[C@@H]4O[C@H]3C)O[C@H]2C)O[C@H]1C. The van der Waals surface area contributed by atoms with Gasteiger partial charge in [0.15, 0.2) is 55.7 Å². The van der Waals surface area contributed by atoms with Gasteiger partial charge >= 0.3 is 23.9 Å². The first-order valence-corrected chi connectivity index (χ1v) is 30.3. The van der Waals surface area contributed by atoms with Crippen LogP contribution in [0, 0.1) is 0 Å². The minimum absolute atomic E-state index is 0.0102. The van der Waals surface area contributed by atoms with Crippen molar-refractivity contribution in [1.29, 1.82) is 0 Å². The van der Waals surface area contributed by atoms with E-state index in [2.05, 4.69) is 20.8 Å². The lowest BCUT2D eigenvalue weighted by Gasteiger charge is -2.49. The Balaban J connectivity index is 1.40. The lowest BCUT2D eigenvalue weighted by molar-refractivity contribution is -0.387. The lowest BCUT2D eigenvalue weighted by Crippen LogP contribution is -2.67. The predicted octanol–water partition coefficient (Wildman–Crippen LogP) is 6.80. The van der Waals surface area contributed by atoms with E-state index in [9.17, 15) is 44.7 Å². The van der Waals surface area contributed by atoms with Crippen LogP contribution in [0.1, 0.15) is 216 Å². The van der Waals surface area contributed by atoms with Crippen LogP contribution < -0.4 is 0 Å². The zero-order chi connectivity index (χ0) is 57.6. The first-order chi connectivity index (χ1) is 37.9. The third-order valence-electron chi connectivity index (χ3n) is 15.8. The minimum Gasteiger partial charge on any atom is -0.457 e. The van der Waals surface area contributed by atoms with Crippen molar-refractivity contribution in [2.24, 2.45) is 0 Å². The molecule has 5 fully saturated rings. The number of carbonyl (C=O) groups excluding carboxylic acids is 4. The number of hydrogen-bond donors (Lipinski definition) is 5. The number of aliphatic hydroxyl groups is 5. The van der Waals surface area contributed by atoms with Crippen molar-refractivity contribution in [1.82, 2.24) is 0 Å². The summed E-state index contributed by atoms with van der Waals surface area (Å²) in [6.07, 6.45) is -9.11. The summed E-state index contributed by atoms with van der Waals surface area (Å²) in [4.78, 5) is 52.8.